The summed E-state index contributed by atoms with van der Waals surface area (Å²) in [4.78, 5) is 54.3. The molecule has 3 heterocycles. The predicted octanol–water partition coefficient (Wildman–Crippen LogP) is 4.30. The Morgan fingerprint density at radius 1 is 1.04 bits per heavy atom. The third kappa shape index (κ3) is 6.48. The van der Waals surface area contributed by atoms with Crippen molar-refractivity contribution in [3.8, 4) is 5.75 Å². The van der Waals surface area contributed by atoms with E-state index in [1.165, 1.54) is 4.90 Å². The molecule has 0 spiro atoms. The molecular weight excluding hydrogens is 588 g/mol. The molecule has 12 nitrogen and oxygen atoms in total. The minimum atomic E-state index is -0.378. The first-order chi connectivity index (χ1) is 22.4. The number of imide groups is 1. The monoisotopic (exact) mass is 628 g/mol. The number of methoxy groups -OCH3 is 1. The Bertz CT molecular complexity index is 1570. The van der Waals surface area contributed by atoms with Crippen molar-refractivity contribution in [3.63, 3.8) is 0 Å². The topological polar surface area (TPSA) is 137 Å². The first kappa shape index (κ1) is 31.3. The maximum atomic E-state index is 13.3. The highest BCUT2D eigenvalue weighted by molar-refractivity contribution is 6.21. The van der Waals surface area contributed by atoms with Crippen LogP contribution in [-0.2, 0) is 16.1 Å². The minimum Gasteiger partial charge on any atom is -0.494 e. The molecule has 2 fully saturated rings. The fourth-order valence-electron chi connectivity index (χ4n) is 6.53. The number of aliphatic hydroxyl groups excluding tert-OH is 1. The van der Waals surface area contributed by atoms with E-state index in [9.17, 15) is 19.5 Å². The molecule has 1 aromatic heterocycles. The molecular formula is C34H40N6O6. The second-order valence-corrected chi connectivity index (χ2v) is 11.9. The lowest BCUT2D eigenvalue weighted by Gasteiger charge is -2.32. The first-order valence-corrected chi connectivity index (χ1v) is 16.0. The Morgan fingerprint density at radius 2 is 1.74 bits per heavy atom. The largest absolute Gasteiger partial charge is 0.494 e. The van der Waals surface area contributed by atoms with E-state index in [1.807, 2.05) is 23.1 Å². The number of benzene rings is 2. The second kappa shape index (κ2) is 13.7. The number of aliphatic hydroxyl groups is 1. The number of piperidine rings is 1. The summed E-state index contributed by atoms with van der Waals surface area (Å²) in [6, 6.07) is 12.7. The molecule has 3 aliphatic rings. The quantitative estimate of drug-likeness (QED) is 0.232. The fraction of sp³-hybridized carbons (Fsp3) is 0.441. The van der Waals surface area contributed by atoms with Gasteiger partial charge in [0, 0.05) is 42.6 Å². The van der Waals surface area contributed by atoms with Crippen LogP contribution in [0.25, 0.3) is 0 Å². The van der Waals surface area contributed by atoms with Gasteiger partial charge in [-0.25, -0.2) is 4.98 Å². The zero-order chi connectivity index (χ0) is 32.2. The lowest BCUT2D eigenvalue weighted by Crippen LogP contribution is -2.40. The Morgan fingerprint density at radius 3 is 2.39 bits per heavy atom. The number of esters is 1. The van der Waals surface area contributed by atoms with Gasteiger partial charge in [-0.15, -0.1) is 0 Å². The number of carbonyl (C=O) groups is 3. The maximum absolute atomic E-state index is 13.3. The van der Waals surface area contributed by atoms with Crippen molar-refractivity contribution >= 4 is 40.9 Å². The van der Waals surface area contributed by atoms with Crippen LogP contribution in [0.3, 0.4) is 0 Å². The van der Waals surface area contributed by atoms with Crippen molar-refractivity contribution in [3.05, 3.63) is 65.4 Å². The molecule has 6 rings (SSSR count). The van der Waals surface area contributed by atoms with Crippen LogP contribution in [0.1, 0.15) is 71.7 Å². The third-order valence-electron chi connectivity index (χ3n) is 8.95. The lowest BCUT2D eigenvalue weighted by atomic mass is 10.1. The predicted molar refractivity (Wildman–Crippen MR) is 173 cm³/mol. The molecule has 0 atom stereocenters. The van der Waals surface area contributed by atoms with Gasteiger partial charge in [0.15, 0.2) is 0 Å². The van der Waals surface area contributed by atoms with Crippen molar-refractivity contribution in [2.24, 2.45) is 0 Å². The number of amides is 2. The number of nitrogens with one attached hydrogen (secondary N) is 1. The first-order valence-electron chi connectivity index (χ1n) is 16.0. The molecule has 0 bridgehead atoms. The van der Waals surface area contributed by atoms with Gasteiger partial charge in [-0.2, -0.15) is 4.98 Å². The van der Waals surface area contributed by atoms with Crippen LogP contribution < -0.4 is 19.9 Å². The van der Waals surface area contributed by atoms with Crippen molar-refractivity contribution < 1.29 is 29.0 Å². The SMILES string of the molecule is CCOC(=O)CN(c1nc(Nc2ccc(N3CCC(O)CC3)cc2OC)ncc1CN1C(=O)c2ccccc2C1=O)C1CCCC1. The van der Waals surface area contributed by atoms with Gasteiger partial charge in [-0.1, -0.05) is 25.0 Å². The van der Waals surface area contributed by atoms with E-state index in [1.54, 1.807) is 44.5 Å². The molecule has 0 unspecified atom stereocenters. The second-order valence-electron chi connectivity index (χ2n) is 11.9. The molecule has 1 saturated carbocycles. The summed E-state index contributed by atoms with van der Waals surface area (Å²) in [5.41, 5.74) is 2.92. The summed E-state index contributed by atoms with van der Waals surface area (Å²) in [5.74, 6) is 0.218. The van der Waals surface area contributed by atoms with Crippen LogP contribution in [0.4, 0.5) is 23.1 Å². The number of carbonyl (C=O) groups excluding carboxylic acids is 3. The molecule has 2 aliphatic heterocycles. The molecule has 2 N–H and O–H groups in total. The van der Waals surface area contributed by atoms with E-state index in [2.05, 4.69) is 15.2 Å². The number of ether oxygens (including phenoxy) is 2. The highest BCUT2D eigenvalue weighted by Crippen LogP contribution is 2.35. The molecule has 3 aromatic rings. The minimum absolute atomic E-state index is 0.0212. The van der Waals surface area contributed by atoms with Crippen molar-refractivity contribution in [1.29, 1.82) is 0 Å². The van der Waals surface area contributed by atoms with E-state index in [0.29, 0.717) is 33.9 Å². The van der Waals surface area contributed by atoms with Gasteiger partial charge in [-0.05, 0) is 56.9 Å². The molecule has 2 amide bonds. The van der Waals surface area contributed by atoms with Gasteiger partial charge in [0.25, 0.3) is 11.8 Å². The normalized spacial score (nSPS) is 16.9. The van der Waals surface area contributed by atoms with Gasteiger partial charge < -0.3 is 29.7 Å². The summed E-state index contributed by atoms with van der Waals surface area (Å²) in [7, 11) is 1.60. The van der Waals surface area contributed by atoms with E-state index in [4.69, 9.17) is 14.5 Å². The van der Waals surface area contributed by atoms with Gasteiger partial charge in [0.05, 0.1) is 43.2 Å². The molecule has 242 valence electrons. The highest BCUT2D eigenvalue weighted by Gasteiger charge is 2.37. The number of anilines is 4. The fourth-order valence-corrected chi connectivity index (χ4v) is 6.53. The molecule has 1 aliphatic carbocycles. The number of rotatable bonds is 11. The number of fused-ring (bicyclic) bond motifs is 1. The summed E-state index contributed by atoms with van der Waals surface area (Å²) in [6.45, 7) is 3.48. The number of nitrogens with zero attached hydrogens (tertiary/aromatic N) is 5. The van der Waals surface area contributed by atoms with Crippen molar-refractivity contribution in [2.45, 2.75) is 64.1 Å². The van der Waals surface area contributed by atoms with Crippen molar-refractivity contribution in [1.82, 2.24) is 14.9 Å². The van der Waals surface area contributed by atoms with Crippen LogP contribution in [0.15, 0.2) is 48.7 Å². The third-order valence-corrected chi connectivity index (χ3v) is 8.95. The van der Waals surface area contributed by atoms with Gasteiger partial charge in [0.1, 0.15) is 18.1 Å². The number of hydrogen-bond acceptors (Lipinski definition) is 11. The van der Waals surface area contributed by atoms with Crippen LogP contribution >= 0.6 is 0 Å². The van der Waals surface area contributed by atoms with E-state index >= 15 is 0 Å². The van der Waals surface area contributed by atoms with Gasteiger partial charge >= 0.3 is 5.97 Å². The number of aromatic nitrogens is 2. The average Bonchev–Trinajstić information content (AvgIpc) is 3.69. The smallest absolute Gasteiger partial charge is 0.325 e. The maximum Gasteiger partial charge on any atom is 0.325 e. The van der Waals surface area contributed by atoms with E-state index < -0.39 is 0 Å². The number of hydrogen-bond donors (Lipinski definition) is 2. The molecule has 12 heteroatoms. The zero-order valence-corrected chi connectivity index (χ0v) is 26.3. The molecule has 1 saturated heterocycles. The molecule has 2 aromatic carbocycles. The van der Waals surface area contributed by atoms with Gasteiger partial charge in [-0.3, -0.25) is 19.3 Å². The van der Waals surface area contributed by atoms with Crippen LogP contribution in [0.2, 0.25) is 0 Å². The molecule has 46 heavy (non-hydrogen) atoms. The average molecular weight is 629 g/mol. The molecule has 0 radical (unpaired) electrons. The highest BCUT2D eigenvalue weighted by atomic mass is 16.5. The summed E-state index contributed by atoms with van der Waals surface area (Å²) in [6.07, 6.45) is 6.58. The van der Waals surface area contributed by atoms with Crippen LogP contribution in [0, 0.1) is 0 Å². The van der Waals surface area contributed by atoms with E-state index in [0.717, 1.165) is 57.3 Å². The Hall–Kier alpha value is -4.71. The Labute approximate surface area is 268 Å². The Balaban J connectivity index is 1.33. The van der Waals surface area contributed by atoms with E-state index in [-0.39, 0.29) is 55.6 Å². The summed E-state index contributed by atoms with van der Waals surface area (Å²) < 4.78 is 11.1. The van der Waals surface area contributed by atoms with Crippen LogP contribution in [-0.4, -0.2) is 83.3 Å². The van der Waals surface area contributed by atoms with Gasteiger partial charge in [0.2, 0.25) is 5.95 Å². The van der Waals surface area contributed by atoms with Crippen molar-refractivity contribution in [2.75, 3.05) is 48.5 Å². The Kier molecular flexibility index (Phi) is 9.34. The van der Waals surface area contributed by atoms with Crippen LogP contribution in [0.5, 0.6) is 5.75 Å². The summed E-state index contributed by atoms with van der Waals surface area (Å²) in [5, 5.41) is 13.2. The zero-order valence-electron chi connectivity index (χ0n) is 26.3. The summed E-state index contributed by atoms with van der Waals surface area (Å²) >= 11 is 0. The standard InChI is InChI=1S/C34H40N6O6/c1-3-46-30(42)21-39(23-8-4-5-9-23)31-22(20-40-32(43)26-10-6-7-11-27(26)33(40)44)19-35-34(37-31)36-28-13-12-24(18-29(28)45-2)38-16-14-25(41)15-17-38/h6-7,10-13,18-19,23,25,41H,3-5,8-9,14-17,20-21H2,1-2H3,(H,35,36,37). The lowest BCUT2D eigenvalue weighted by molar-refractivity contribution is -0.141.